The fourth-order valence-electron chi connectivity index (χ4n) is 1.74. The smallest absolute Gasteiger partial charge is 0.391 e. The van der Waals surface area contributed by atoms with Crippen LogP contribution in [0.1, 0.15) is 11.1 Å². The molecule has 0 unspecified atom stereocenters. The molecule has 120 valence electrons. The molecular weight excluding hydrogens is 318 g/mol. The summed E-state index contributed by atoms with van der Waals surface area (Å²) in [6.07, 6.45) is -3.65. The molecule has 0 fully saturated rings. The molecule has 0 aliphatic carbocycles. The average molecular weight is 327 g/mol. The van der Waals surface area contributed by atoms with Gasteiger partial charge in [-0.05, 0) is 23.8 Å². The van der Waals surface area contributed by atoms with Gasteiger partial charge in [-0.25, -0.2) is 4.39 Å². The minimum Gasteiger partial charge on any atom is -0.391 e. The lowest BCUT2D eigenvalue weighted by molar-refractivity contribution is -0.384. The molecule has 0 saturated heterocycles. The molecule has 0 saturated carbocycles. The quantitative estimate of drug-likeness (QED) is 0.303. The van der Waals surface area contributed by atoms with Crippen molar-refractivity contribution in [3.63, 3.8) is 0 Å². The van der Waals surface area contributed by atoms with Crippen LogP contribution in [-0.4, -0.2) is 11.1 Å². The first kappa shape index (κ1) is 16.4. The summed E-state index contributed by atoms with van der Waals surface area (Å²) in [6.45, 7) is 0. The molecule has 2 rings (SSSR count). The molecule has 0 spiro atoms. The molecule has 0 heterocycles. The van der Waals surface area contributed by atoms with Crippen LogP contribution in [-0.2, 0) is 6.18 Å². The third-order valence-electron chi connectivity index (χ3n) is 2.88. The Morgan fingerprint density at radius 2 is 1.78 bits per heavy atom. The van der Waals surface area contributed by atoms with Gasteiger partial charge < -0.3 is 5.73 Å². The number of halogens is 4. The van der Waals surface area contributed by atoms with Gasteiger partial charge in [0, 0.05) is 12.3 Å². The molecule has 0 radical (unpaired) electrons. The first-order chi connectivity index (χ1) is 10.7. The van der Waals surface area contributed by atoms with Crippen molar-refractivity contribution in [3.05, 3.63) is 63.5 Å². The number of nitrogens with two attached hydrogens (primary N) is 1. The second-order valence-corrected chi connectivity index (χ2v) is 4.49. The van der Waals surface area contributed by atoms with Gasteiger partial charge in [-0.3, -0.25) is 15.1 Å². The maximum absolute atomic E-state index is 12.8. The van der Waals surface area contributed by atoms with Crippen molar-refractivity contribution in [2.45, 2.75) is 6.18 Å². The number of anilines is 1. The van der Waals surface area contributed by atoms with Crippen molar-refractivity contribution in [2.75, 3.05) is 5.73 Å². The predicted octanol–water partition coefficient (Wildman–Crippen LogP) is 4.09. The summed E-state index contributed by atoms with van der Waals surface area (Å²) in [5, 5.41) is 10.8. The van der Waals surface area contributed by atoms with Crippen LogP contribution in [0.2, 0.25) is 0 Å². The van der Waals surface area contributed by atoms with Crippen molar-refractivity contribution in [2.24, 2.45) is 4.99 Å². The minimum absolute atomic E-state index is 0.353. The second-order valence-electron chi connectivity index (χ2n) is 4.49. The van der Waals surface area contributed by atoms with Crippen LogP contribution in [0.4, 0.5) is 34.6 Å². The van der Waals surface area contributed by atoms with E-state index in [0.717, 1.165) is 18.3 Å². The van der Waals surface area contributed by atoms with E-state index in [1.165, 1.54) is 12.1 Å². The van der Waals surface area contributed by atoms with Crippen molar-refractivity contribution in [1.82, 2.24) is 0 Å². The lowest BCUT2D eigenvalue weighted by atomic mass is 10.1. The van der Waals surface area contributed by atoms with Gasteiger partial charge in [0.05, 0.1) is 16.2 Å². The molecular formula is C14H9F4N3O2. The van der Waals surface area contributed by atoms with E-state index in [1.54, 1.807) is 0 Å². The Hall–Kier alpha value is -2.97. The van der Waals surface area contributed by atoms with E-state index in [4.69, 9.17) is 5.73 Å². The minimum atomic E-state index is -4.78. The lowest BCUT2D eigenvalue weighted by Crippen LogP contribution is -2.07. The van der Waals surface area contributed by atoms with Crippen LogP contribution in [0.15, 0.2) is 41.4 Å². The number of benzene rings is 2. The average Bonchev–Trinajstić information content (AvgIpc) is 2.46. The molecule has 0 aliphatic heterocycles. The standard InChI is InChI=1S/C14H9F4N3O2/c15-10-3-1-8(2-4-10)7-20-11-5-9(14(16,17)18)6-12(13(11)19)21(22)23/h1-7H,19H2. The Morgan fingerprint density at radius 3 is 2.30 bits per heavy atom. The van der Waals surface area contributed by atoms with Crippen LogP contribution in [0.3, 0.4) is 0 Å². The largest absolute Gasteiger partial charge is 0.416 e. The van der Waals surface area contributed by atoms with Crippen molar-refractivity contribution in [1.29, 1.82) is 0 Å². The molecule has 0 amide bonds. The number of hydrogen-bond acceptors (Lipinski definition) is 4. The van der Waals surface area contributed by atoms with E-state index in [0.29, 0.717) is 17.7 Å². The van der Waals surface area contributed by atoms with Crippen LogP contribution in [0.25, 0.3) is 0 Å². The van der Waals surface area contributed by atoms with Crippen molar-refractivity contribution < 1.29 is 22.5 Å². The highest BCUT2D eigenvalue weighted by molar-refractivity contribution is 5.85. The monoisotopic (exact) mass is 327 g/mol. The SMILES string of the molecule is Nc1c(N=Cc2ccc(F)cc2)cc(C(F)(F)F)cc1[N+](=O)[O-]. The van der Waals surface area contributed by atoms with Gasteiger partial charge in [-0.15, -0.1) is 0 Å². The maximum Gasteiger partial charge on any atom is 0.416 e. The summed E-state index contributed by atoms with van der Waals surface area (Å²) in [5.41, 5.74) is 2.90. The predicted molar refractivity (Wildman–Crippen MR) is 76.2 cm³/mol. The fraction of sp³-hybridized carbons (Fsp3) is 0.0714. The summed E-state index contributed by atoms with van der Waals surface area (Å²) < 4.78 is 51.2. The first-order valence-corrected chi connectivity index (χ1v) is 6.13. The summed E-state index contributed by atoms with van der Waals surface area (Å²) >= 11 is 0. The summed E-state index contributed by atoms with van der Waals surface area (Å²) in [6, 6.07) is 5.93. The molecule has 5 nitrogen and oxygen atoms in total. The van der Waals surface area contributed by atoms with E-state index in [2.05, 4.69) is 4.99 Å². The van der Waals surface area contributed by atoms with Crippen molar-refractivity contribution in [3.8, 4) is 0 Å². The third kappa shape index (κ3) is 3.82. The summed E-state index contributed by atoms with van der Waals surface area (Å²) in [5.74, 6) is -0.489. The van der Waals surface area contributed by atoms with Gasteiger partial charge in [0.15, 0.2) is 0 Å². The van der Waals surface area contributed by atoms with Gasteiger partial charge in [0.25, 0.3) is 5.69 Å². The van der Waals surface area contributed by atoms with Crippen LogP contribution >= 0.6 is 0 Å². The Balaban J connectivity index is 2.50. The van der Waals surface area contributed by atoms with Gasteiger partial charge >= 0.3 is 6.18 Å². The highest BCUT2D eigenvalue weighted by Gasteiger charge is 2.34. The van der Waals surface area contributed by atoms with Crippen LogP contribution < -0.4 is 5.73 Å². The second kappa shape index (κ2) is 6.03. The fourth-order valence-corrected chi connectivity index (χ4v) is 1.74. The molecule has 0 aromatic heterocycles. The number of rotatable bonds is 3. The Morgan fingerprint density at radius 1 is 1.17 bits per heavy atom. The number of hydrogen-bond donors (Lipinski definition) is 1. The Labute approximate surface area is 127 Å². The molecule has 2 N–H and O–H groups in total. The van der Waals surface area contributed by atoms with E-state index in [1.807, 2.05) is 0 Å². The normalized spacial score (nSPS) is 11.8. The molecule has 2 aromatic carbocycles. The number of nitrogen functional groups attached to an aromatic ring is 1. The number of alkyl halides is 3. The molecule has 9 heteroatoms. The highest BCUT2D eigenvalue weighted by Crippen LogP contribution is 2.39. The Bertz CT molecular complexity index is 771. The highest BCUT2D eigenvalue weighted by atomic mass is 19.4. The molecule has 0 bridgehead atoms. The Kier molecular flexibility index (Phi) is 4.30. The van der Waals surface area contributed by atoms with Crippen LogP contribution in [0.5, 0.6) is 0 Å². The summed E-state index contributed by atoms with van der Waals surface area (Å²) in [7, 11) is 0. The topological polar surface area (TPSA) is 81.5 Å². The van der Waals surface area contributed by atoms with Crippen molar-refractivity contribution >= 4 is 23.3 Å². The number of nitrogens with zero attached hydrogens (tertiary/aromatic N) is 2. The molecule has 2 aromatic rings. The van der Waals surface area contributed by atoms with Gasteiger partial charge in [0.1, 0.15) is 11.5 Å². The zero-order chi connectivity index (χ0) is 17.2. The molecule has 0 atom stereocenters. The van der Waals surface area contributed by atoms with E-state index in [9.17, 15) is 27.7 Å². The maximum atomic E-state index is 12.8. The van der Waals surface area contributed by atoms with Gasteiger partial charge in [-0.2, -0.15) is 13.2 Å². The zero-order valence-electron chi connectivity index (χ0n) is 11.3. The van der Waals surface area contributed by atoms with E-state index < -0.39 is 39.5 Å². The number of nitro groups is 1. The van der Waals surface area contributed by atoms with Gasteiger partial charge in [-0.1, -0.05) is 12.1 Å². The molecule has 23 heavy (non-hydrogen) atoms. The summed E-state index contributed by atoms with van der Waals surface area (Å²) in [4.78, 5) is 13.6. The van der Waals surface area contributed by atoms with E-state index >= 15 is 0 Å². The van der Waals surface area contributed by atoms with Gasteiger partial charge in [0.2, 0.25) is 0 Å². The third-order valence-corrected chi connectivity index (χ3v) is 2.88. The van der Waals surface area contributed by atoms with E-state index in [-0.39, 0.29) is 0 Å². The number of nitro benzene ring substituents is 1. The lowest BCUT2D eigenvalue weighted by Gasteiger charge is -2.09. The van der Waals surface area contributed by atoms with Crippen LogP contribution in [0, 0.1) is 15.9 Å². The molecule has 0 aliphatic rings. The first-order valence-electron chi connectivity index (χ1n) is 6.13. The zero-order valence-corrected chi connectivity index (χ0v) is 11.3. The number of aliphatic imine (C=N–C) groups is 1.